The second-order valence-electron chi connectivity index (χ2n) is 7.21. The first-order chi connectivity index (χ1) is 15.7. The van der Waals surface area contributed by atoms with Gasteiger partial charge in [0, 0.05) is 12.3 Å². The highest BCUT2D eigenvalue weighted by Gasteiger charge is 2.73. The van der Waals surface area contributed by atoms with E-state index in [9.17, 15) is 35.5 Å². The van der Waals surface area contributed by atoms with Crippen molar-refractivity contribution in [2.75, 3.05) is 6.61 Å². The summed E-state index contributed by atoms with van der Waals surface area (Å²) in [6, 6.07) is 12.3. The normalized spacial score (nSPS) is 12.6. The van der Waals surface area contributed by atoms with Crippen LogP contribution in [0.15, 0.2) is 48.5 Å². The summed E-state index contributed by atoms with van der Waals surface area (Å²) >= 11 is 5.91. The molecule has 1 heterocycles. The van der Waals surface area contributed by atoms with E-state index < -0.39 is 41.2 Å². The first kappa shape index (κ1) is 25.5. The molecule has 0 saturated heterocycles. The van der Waals surface area contributed by atoms with Gasteiger partial charge in [0.2, 0.25) is 0 Å². The maximum Gasteiger partial charge on any atom is 0.460 e. The van der Waals surface area contributed by atoms with Crippen LogP contribution in [0.25, 0.3) is 10.9 Å². The average molecular weight is 510 g/mol. The number of aromatic nitrogens is 1. The lowest BCUT2D eigenvalue weighted by Gasteiger charge is -2.28. The van der Waals surface area contributed by atoms with Gasteiger partial charge in [0.05, 0.1) is 10.5 Å². The fourth-order valence-corrected chi connectivity index (χ4v) is 3.04. The number of carbonyl (C=O) groups is 1. The van der Waals surface area contributed by atoms with Gasteiger partial charge in [0.1, 0.15) is 23.8 Å². The molecule has 0 atom stereocenters. The fourth-order valence-electron chi connectivity index (χ4n) is 2.83. The number of carbonyl (C=O) groups excluding carboxylic acids is 1. The van der Waals surface area contributed by atoms with E-state index in [2.05, 4.69) is 9.72 Å². The molecule has 0 bridgehead atoms. The van der Waals surface area contributed by atoms with Crippen molar-refractivity contribution < 1.29 is 45.0 Å². The van der Waals surface area contributed by atoms with Crippen molar-refractivity contribution in [1.82, 2.24) is 4.98 Å². The molecule has 34 heavy (non-hydrogen) atoms. The molecule has 3 rings (SSSR count). The van der Waals surface area contributed by atoms with E-state index in [1.165, 1.54) is 13.0 Å². The Morgan fingerprint density at radius 3 is 2.15 bits per heavy atom. The molecule has 1 aromatic heterocycles. The van der Waals surface area contributed by atoms with Crippen LogP contribution in [0, 0.1) is 0 Å². The van der Waals surface area contributed by atoms with Crippen LogP contribution in [-0.2, 0) is 6.61 Å². The zero-order valence-electron chi connectivity index (χ0n) is 17.2. The van der Waals surface area contributed by atoms with Crippen molar-refractivity contribution in [3.63, 3.8) is 0 Å². The maximum absolute atomic E-state index is 13.6. The zero-order valence-corrected chi connectivity index (χ0v) is 18.0. The van der Waals surface area contributed by atoms with Crippen molar-refractivity contribution in [3.8, 4) is 11.5 Å². The summed E-state index contributed by atoms with van der Waals surface area (Å²) in [5.41, 5.74) is 0.830. The molecule has 0 unspecified atom stereocenters. The summed E-state index contributed by atoms with van der Waals surface area (Å²) in [5, 5.41) is -0.239. The van der Waals surface area contributed by atoms with Gasteiger partial charge in [-0.25, -0.2) is 4.98 Å². The van der Waals surface area contributed by atoms with Crippen molar-refractivity contribution in [3.05, 3.63) is 64.8 Å². The highest BCUT2D eigenvalue weighted by Crippen LogP contribution is 2.47. The Kier molecular flexibility index (Phi) is 6.97. The van der Waals surface area contributed by atoms with Crippen LogP contribution in [0.1, 0.15) is 23.0 Å². The minimum absolute atomic E-state index is 0.0334. The minimum atomic E-state index is -6.48. The molecule has 0 aliphatic heterocycles. The third kappa shape index (κ3) is 5.19. The number of Topliss-reactive ketones (excluding diaryl/α,β-unsaturated/α-hetero) is 1. The lowest BCUT2D eigenvalue weighted by atomic mass is 10.1. The first-order valence-electron chi connectivity index (χ1n) is 9.50. The van der Waals surface area contributed by atoms with Gasteiger partial charge in [-0.2, -0.15) is 30.7 Å². The molecule has 0 amide bonds. The maximum atomic E-state index is 13.6. The Bertz CT molecular complexity index is 1200. The van der Waals surface area contributed by atoms with Crippen LogP contribution >= 0.6 is 11.6 Å². The van der Waals surface area contributed by atoms with Crippen molar-refractivity contribution in [2.45, 2.75) is 31.6 Å². The van der Waals surface area contributed by atoms with Crippen LogP contribution in [-0.4, -0.2) is 35.4 Å². The first-order valence-corrected chi connectivity index (χ1v) is 9.88. The van der Waals surface area contributed by atoms with E-state index in [-0.39, 0.29) is 29.0 Å². The fraction of sp³-hybridized carbons (Fsp3) is 0.273. The third-order valence-electron chi connectivity index (χ3n) is 4.63. The van der Waals surface area contributed by atoms with Gasteiger partial charge >= 0.3 is 18.0 Å². The van der Waals surface area contributed by atoms with E-state index in [4.69, 9.17) is 16.3 Å². The SMILES string of the molecule is CC(=O)c1nc2cc(Cl)c(OCC(F)(F)C(F)(F)C(F)(F)F)cc2cc1OCc1ccccc1. The Labute approximate surface area is 193 Å². The molecule has 0 N–H and O–H groups in total. The standard InChI is InChI=1S/C22H15ClF7NO3/c1-12(32)19-18(33-10-13-5-3-2-4-6-13)8-14-7-17(15(23)9-16(14)31-19)34-11-20(24,25)21(26,27)22(28,29)30/h2-9H,10-11H2,1H3. The lowest BCUT2D eigenvalue weighted by molar-refractivity contribution is -0.358. The van der Waals surface area contributed by atoms with Gasteiger partial charge in [-0.3, -0.25) is 4.79 Å². The largest absolute Gasteiger partial charge is 0.486 e. The number of hydrogen-bond acceptors (Lipinski definition) is 4. The van der Waals surface area contributed by atoms with Gasteiger partial charge in [0.15, 0.2) is 12.4 Å². The van der Waals surface area contributed by atoms with E-state index in [1.807, 2.05) is 0 Å². The number of alkyl halides is 7. The lowest BCUT2D eigenvalue weighted by Crippen LogP contribution is -2.54. The highest BCUT2D eigenvalue weighted by molar-refractivity contribution is 6.32. The van der Waals surface area contributed by atoms with Gasteiger partial charge < -0.3 is 9.47 Å². The van der Waals surface area contributed by atoms with Crippen LogP contribution < -0.4 is 9.47 Å². The minimum Gasteiger partial charge on any atom is -0.486 e. The summed E-state index contributed by atoms with van der Waals surface area (Å²) in [6.45, 7) is -0.989. The van der Waals surface area contributed by atoms with Crippen LogP contribution in [0.4, 0.5) is 30.7 Å². The average Bonchev–Trinajstić information content (AvgIpc) is 2.75. The summed E-state index contributed by atoms with van der Waals surface area (Å²) in [5.74, 6) is -12.9. The number of fused-ring (bicyclic) bond motifs is 1. The van der Waals surface area contributed by atoms with Gasteiger partial charge in [0.25, 0.3) is 0 Å². The molecule has 0 spiro atoms. The number of nitrogens with zero attached hydrogens (tertiary/aromatic N) is 1. The zero-order chi connectivity index (χ0) is 25.3. The van der Waals surface area contributed by atoms with Crippen molar-refractivity contribution in [1.29, 1.82) is 0 Å². The number of ketones is 1. The molecule has 12 heteroatoms. The number of halogens is 8. The molecular formula is C22H15ClF7NO3. The Morgan fingerprint density at radius 2 is 1.56 bits per heavy atom. The highest BCUT2D eigenvalue weighted by atomic mass is 35.5. The number of rotatable bonds is 8. The van der Waals surface area contributed by atoms with Crippen LogP contribution in [0.3, 0.4) is 0 Å². The number of benzene rings is 2. The quantitative estimate of drug-likeness (QED) is 0.245. The molecular weight excluding hydrogens is 495 g/mol. The van der Waals surface area contributed by atoms with Crippen LogP contribution in [0.5, 0.6) is 11.5 Å². The summed E-state index contributed by atoms with van der Waals surface area (Å²) in [4.78, 5) is 16.2. The topological polar surface area (TPSA) is 48.4 Å². The summed E-state index contributed by atoms with van der Waals surface area (Å²) in [6.07, 6.45) is -6.48. The Balaban J connectivity index is 1.92. The van der Waals surface area contributed by atoms with E-state index >= 15 is 0 Å². The predicted octanol–water partition coefficient (Wildman–Crippen LogP) is 6.88. The predicted molar refractivity (Wildman–Crippen MR) is 109 cm³/mol. The molecule has 182 valence electrons. The molecule has 0 saturated carbocycles. The third-order valence-corrected chi connectivity index (χ3v) is 4.92. The van der Waals surface area contributed by atoms with Gasteiger partial charge in [-0.05, 0) is 23.8 Å². The molecule has 2 aromatic carbocycles. The Morgan fingerprint density at radius 1 is 0.941 bits per heavy atom. The summed E-state index contributed by atoms with van der Waals surface area (Å²) in [7, 11) is 0. The number of pyridine rings is 1. The molecule has 0 fully saturated rings. The molecule has 0 aliphatic carbocycles. The molecule has 0 radical (unpaired) electrons. The van der Waals surface area contributed by atoms with Crippen LogP contribution in [0.2, 0.25) is 5.02 Å². The van der Waals surface area contributed by atoms with Crippen molar-refractivity contribution in [2.24, 2.45) is 0 Å². The molecule has 3 aromatic rings. The number of ether oxygens (including phenoxy) is 2. The second-order valence-corrected chi connectivity index (χ2v) is 7.61. The van der Waals surface area contributed by atoms with E-state index in [0.717, 1.165) is 17.7 Å². The smallest absolute Gasteiger partial charge is 0.460 e. The number of hydrogen-bond donors (Lipinski definition) is 0. The van der Waals surface area contributed by atoms with E-state index in [1.54, 1.807) is 30.3 Å². The molecule has 4 nitrogen and oxygen atoms in total. The van der Waals surface area contributed by atoms with Gasteiger partial charge in [-0.1, -0.05) is 41.9 Å². The summed E-state index contributed by atoms with van der Waals surface area (Å²) < 4.78 is 101. The Hall–Kier alpha value is -3.08. The van der Waals surface area contributed by atoms with Crippen molar-refractivity contribution >= 4 is 28.3 Å². The second kappa shape index (κ2) is 9.28. The monoisotopic (exact) mass is 509 g/mol. The van der Waals surface area contributed by atoms with E-state index in [0.29, 0.717) is 0 Å². The van der Waals surface area contributed by atoms with Gasteiger partial charge in [-0.15, -0.1) is 0 Å². The molecule has 0 aliphatic rings.